The molecule has 1 aliphatic heterocycles. The predicted molar refractivity (Wildman–Crippen MR) is 72.2 cm³/mol. The van der Waals surface area contributed by atoms with Crippen LogP contribution in [0.15, 0.2) is 4.99 Å². The monoisotopic (exact) mass is 244 g/mol. The zero-order valence-corrected chi connectivity index (χ0v) is 11.6. The fourth-order valence-corrected chi connectivity index (χ4v) is 2.51. The maximum atomic E-state index is 5.49. The first-order valence-corrected chi connectivity index (χ1v) is 7.10. The van der Waals surface area contributed by atoms with Gasteiger partial charge in [-0.1, -0.05) is 32.5 Å². The lowest BCUT2D eigenvalue weighted by Gasteiger charge is -2.22. The van der Waals surface area contributed by atoms with Crippen LogP contribution in [0.1, 0.15) is 34.1 Å². The van der Waals surface area contributed by atoms with Gasteiger partial charge in [-0.05, 0) is 19.3 Å². The Hall–Kier alpha value is -0.220. The van der Waals surface area contributed by atoms with Crippen molar-refractivity contribution in [2.24, 2.45) is 10.9 Å². The van der Waals surface area contributed by atoms with Crippen LogP contribution in [-0.2, 0) is 4.74 Å². The van der Waals surface area contributed by atoms with Crippen LogP contribution in [0.25, 0.3) is 0 Å². The van der Waals surface area contributed by atoms with Crippen LogP contribution in [-0.4, -0.2) is 36.2 Å². The van der Waals surface area contributed by atoms with Crippen molar-refractivity contribution in [1.82, 2.24) is 5.32 Å². The summed E-state index contributed by atoms with van der Waals surface area (Å²) in [4.78, 5) is 4.53. The molecule has 0 saturated heterocycles. The molecule has 1 rings (SSSR count). The highest BCUT2D eigenvalue weighted by Gasteiger charge is 2.21. The van der Waals surface area contributed by atoms with Gasteiger partial charge in [-0.3, -0.25) is 4.99 Å². The normalized spacial score (nSPS) is 22.3. The summed E-state index contributed by atoms with van der Waals surface area (Å²) in [7, 11) is 0. The molecule has 16 heavy (non-hydrogen) atoms. The van der Waals surface area contributed by atoms with Gasteiger partial charge in [0, 0.05) is 11.9 Å². The molecule has 4 heteroatoms. The van der Waals surface area contributed by atoms with E-state index < -0.39 is 0 Å². The third-order valence-electron chi connectivity index (χ3n) is 2.79. The highest BCUT2D eigenvalue weighted by atomic mass is 32.2. The van der Waals surface area contributed by atoms with Gasteiger partial charge in [-0.2, -0.15) is 0 Å². The van der Waals surface area contributed by atoms with E-state index in [0.29, 0.717) is 17.2 Å². The lowest BCUT2D eigenvalue weighted by atomic mass is 10.1. The number of nitrogens with zero attached hydrogens (tertiary/aromatic N) is 1. The Bertz CT molecular complexity index is 231. The fraction of sp³-hybridized carbons (Fsp3) is 0.917. The van der Waals surface area contributed by atoms with E-state index in [0.717, 1.165) is 24.9 Å². The summed E-state index contributed by atoms with van der Waals surface area (Å²) in [6.07, 6.45) is 1.19. The summed E-state index contributed by atoms with van der Waals surface area (Å²) in [6.45, 7) is 11.2. The average molecular weight is 244 g/mol. The molecule has 0 bridgehead atoms. The molecule has 1 N–H and O–H groups in total. The van der Waals surface area contributed by atoms with Crippen molar-refractivity contribution in [2.45, 2.75) is 45.4 Å². The molecule has 0 radical (unpaired) electrons. The summed E-state index contributed by atoms with van der Waals surface area (Å²) >= 11 is 1.87. The Labute approximate surface area is 103 Å². The maximum Gasteiger partial charge on any atom is 0.157 e. The molecule has 1 aliphatic rings. The Morgan fingerprint density at radius 1 is 1.50 bits per heavy atom. The van der Waals surface area contributed by atoms with E-state index in [-0.39, 0.29) is 0 Å². The van der Waals surface area contributed by atoms with E-state index in [1.54, 1.807) is 0 Å². The van der Waals surface area contributed by atoms with Crippen LogP contribution >= 0.6 is 11.8 Å². The maximum absolute atomic E-state index is 5.49. The van der Waals surface area contributed by atoms with E-state index in [1.807, 2.05) is 18.7 Å². The van der Waals surface area contributed by atoms with Gasteiger partial charge < -0.3 is 10.1 Å². The van der Waals surface area contributed by atoms with E-state index in [2.05, 4.69) is 31.1 Å². The van der Waals surface area contributed by atoms with E-state index in [4.69, 9.17) is 4.74 Å². The Morgan fingerprint density at radius 3 is 2.75 bits per heavy atom. The number of hydrogen-bond acceptors (Lipinski definition) is 4. The van der Waals surface area contributed by atoms with Crippen molar-refractivity contribution in [3.63, 3.8) is 0 Å². The predicted octanol–water partition coefficient (Wildman–Crippen LogP) is 2.52. The minimum absolute atomic E-state index is 0.377. The first-order valence-electron chi connectivity index (χ1n) is 6.22. The Kier molecular flexibility index (Phi) is 6.21. The van der Waals surface area contributed by atoms with Gasteiger partial charge in [-0.15, -0.1) is 0 Å². The van der Waals surface area contributed by atoms with Crippen LogP contribution in [0.3, 0.4) is 0 Å². The molecule has 0 saturated carbocycles. The quantitative estimate of drug-likeness (QED) is 0.779. The molecule has 0 spiro atoms. The van der Waals surface area contributed by atoms with Gasteiger partial charge in [-0.25, -0.2) is 0 Å². The second-order valence-electron chi connectivity index (χ2n) is 4.45. The molecule has 94 valence electrons. The van der Waals surface area contributed by atoms with Crippen LogP contribution in [0.5, 0.6) is 0 Å². The van der Waals surface area contributed by atoms with Crippen molar-refractivity contribution in [3.8, 4) is 0 Å². The summed E-state index contributed by atoms with van der Waals surface area (Å²) in [5.74, 6) is 0.565. The topological polar surface area (TPSA) is 33.6 Å². The number of rotatable bonds is 6. The minimum atomic E-state index is 0.377. The van der Waals surface area contributed by atoms with Crippen molar-refractivity contribution >= 4 is 16.9 Å². The van der Waals surface area contributed by atoms with Gasteiger partial charge in [0.05, 0.1) is 19.2 Å². The van der Waals surface area contributed by atoms with Gasteiger partial charge in [0.15, 0.2) is 5.17 Å². The molecule has 3 nitrogen and oxygen atoms in total. The minimum Gasteiger partial charge on any atom is -0.380 e. The molecule has 0 aromatic carbocycles. The molecular formula is C12H24N2OS. The molecule has 0 aromatic rings. The Balaban J connectivity index is 2.37. The van der Waals surface area contributed by atoms with E-state index in [1.165, 1.54) is 6.42 Å². The number of amidine groups is 1. The number of ether oxygens (including phenoxy) is 1. The third-order valence-corrected chi connectivity index (χ3v) is 4.07. The van der Waals surface area contributed by atoms with Gasteiger partial charge in [0.2, 0.25) is 0 Å². The fourth-order valence-electron chi connectivity index (χ4n) is 1.51. The highest BCUT2D eigenvalue weighted by molar-refractivity contribution is 8.14. The summed E-state index contributed by atoms with van der Waals surface area (Å²) in [5, 5.41) is 5.27. The average Bonchev–Trinajstić information content (AvgIpc) is 2.71. The zero-order valence-electron chi connectivity index (χ0n) is 10.8. The van der Waals surface area contributed by atoms with Crippen LogP contribution in [0, 0.1) is 5.92 Å². The third kappa shape index (κ3) is 4.34. The van der Waals surface area contributed by atoms with Crippen molar-refractivity contribution in [2.75, 3.05) is 19.8 Å². The smallest absolute Gasteiger partial charge is 0.157 e. The van der Waals surface area contributed by atoms with Gasteiger partial charge >= 0.3 is 0 Å². The second-order valence-corrected chi connectivity index (χ2v) is 5.74. The molecule has 0 amide bonds. The zero-order chi connectivity index (χ0) is 12.0. The summed E-state index contributed by atoms with van der Waals surface area (Å²) < 4.78 is 5.49. The summed E-state index contributed by atoms with van der Waals surface area (Å²) in [5.41, 5.74) is 0. The lowest BCUT2D eigenvalue weighted by molar-refractivity contribution is 0.115. The van der Waals surface area contributed by atoms with Crippen molar-refractivity contribution < 1.29 is 4.74 Å². The Morgan fingerprint density at radius 2 is 2.25 bits per heavy atom. The van der Waals surface area contributed by atoms with Gasteiger partial charge in [0.25, 0.3) is 0 Å². The molecule has 2 unspecified atom stereocenters. The molecule has 0 aliphatic carbocycles. The first-order chi connectivity index (χ1) is 7.67. The van der Waals surface area contributed by atoms with E-state index >= 15 is 0 Å². The molecule has 2 atom stereocenters. The number of aliphatic imine (C=N–C) groups is 1. The van der Waals surface area contributed by atoms with Crippen molar-refractivity contribution in [3.05, 3.63) is 0 Å². The van der Waals surface area contributed by atoms with Crippen LogP contribution in [0.4, 0.5) is 0 Å². The number of hydrogen-bond donors (Lipinski definition) is 1. The molecule has 0 aromatic heterocycles. The van der Waals surface area contributed by atoms with Gasteiger partial charge in [0.1, 0.15) is 0 Å². The number of nitrogens with one attached hydrogen (secondary N) is 1. The standard InChI is InChI=1S/C12H24N2OS/c1-5-10-7-13-12(16-10)14-11(9(3)4)8-15-6-2/h9-11H,5-8H2,1-4H3,(H,13,14). The second kappa shape index (κ2) is 7.17. The molecular weight excluding hydrogens is 220 g/mol. The highest BCUT2D eigenvalue weighted by Crippen LogP contribution is 2.22. The lowest BCUT2D eigenvalue weighted by Crippen LogP contribution is -2.40. The SMILES string of the molecule is CCOCC(NC1=NCC(CC)S1)C(C)C. The largest absolute Gasteiger partial charge is 0.380 e. The first kappa shape index (κ1) is 13.8. The van der Waals surface area contributed by atoms with E-state index in [9.17, 15) is 0 Å². The number of thioether (sulfide) groups is 1. The van der Waals surface area contributed by atoms with Crippen molar-refractivity contribution in [1.29, 1.82) is 0 Å². The molecule has 1 heterocycles. The van der Waals surface area contributed by atoms with Crippen LogP contribution in [0.2, 0.25) is 0 Å². The summed E-state index contributed by atoms with van der Waals surface area (Å²) in [6, 6.07) is 0.377. The molecule has 0 fully saturated rings. The van der Waals surface area contributed by atoms with Crippen LogP contribution < -0.4 is 5.32 Å².